The number of fused-ring (bicyclic) bond motifs is 2. The molecule has 0 atom stereocenters. The molecule has 6 aromatic rings. The fourth-order valence-corrected chi connectivity index (χ4v) is 4.84. The molecule has 0 aliphatic carbocycles. The summed E-state index contributed by atoms with van der Waals surface area (Å²) in [6.07, 6.45) is 2.38. The molecular formula is C30H20F3N7O2. The Morgan fingerprint density at radius 1 is 0.976 bits per heavy atom. The minimum absolute atomic E-state index is 0.0667. The topological polar surface area (TPSA) is 125 Å². The number of phenols is 1. The predicted molar refractivity (Wildman–Crippen MR) is 150 cm³/mol. The maximum atomic E-state index is 13.9. The van der Waals surface area contributed by atoms with Gasteiger partial charge in [0.05, 0.1) is 28.4 Å². The van der Waals surface area contributed by atoms with Crippen molar-refractivity contribution < 1.29 is 18.3 Å². The Hall–Kier alpha value is -5.70. The Morgan fingerprint density at radius 3 is 2.48 bits per heavy atom. The van der Waals surface area contributed by atoms with Crippen molar-refractivity contribution in [3.8, 4) is 29.4 Å². The molecule has 0 saturated heterocycles. The number of terminal acetylenes is 1. The molecule has 3 aromatic carbocycles. The van der Waals surface area contributed by atoms with Crippen molar-refractivity contribution in [1.29, 1.82) is 0 Å². The molecule has 6 rings (SSSR count). The number of aromatic hydroxyl groups is 1. The van der Waals surface area contributed by atoms with Crippen LogP contribution in [0.4, 0.5) is 19.0 Å². The second kappa shape index (κ2) is 10.0. The molecule has 0 unspecified atom stereocenters. The number of nitrogen functional groups attached to an aromatic ring is 1. The average molecular weight is 568 g/mol. The van der Waals surface area contributed by atoms with Gasteiger partial charge in [-0.3, -0.25) is 9.36 Å². The van der Waals surface area contributed by atoms with E-state index in [0.717, 1.165) is 12.1 Å². The number of benzene rings is 3. The van der Waals surface area contributed by atoms with Crippen molar-refractivity contribution in [1.82, 2.24) is 29.3 Å². The maximum absolute atomic E-state index is 13.9. The molecule has 0 bridgehead atoms. The molecule has 0 aliphatic heterocycles. The van der Waals surface area contributed by atoms with E-state index in [9.17, 15) is 23.1 Å². The summed E-state index contributed by atoms with van der Waals surface area (Å²) in [6, 6.07) is 16.0. The Kier molecular flexibility index (Phi) is 6.34. The summed E-state index contributed by atoms with van der Waals surface area (Å²) >= 11 is 0. The number of nitrogens with two attached hydrogens (primary N) is 1. The van der Waals surface area contributed by atoms with Gasteiger partial charge in [0.2, 0.25) is 0 Å². The van der Waals surface area contributed by atoms with Crippen molar-refractivity contribution in [2.24, 2.45) is 0 Å². The summed E-state index contributed by atoms with van der Waals surface area (Å²) < 4.78 is 43.1. The summed E-state index contributed by atoms with van der Waals surface area (Å²) in [4.78, 5) is 27.0. The minimum atomic E-state index is -4.56. The summed E-state index contributed by atoms with van der Waals surface area (Å²) in [5.41, 5.74) is 7.16. The average Bonchev–Trinajstić information content (AvgIpc) is 3.34. The van der Waals surface area contributed by atoms with Crippen LogP contribution in [0.25, 0.3) is 33.2 Å². The first-order chi connectivity index (χ1) is 20.1. The number of nitrogens with zero attached hydrogens (tertiary/aromatic N) is 6. The van der Waals surface area contributed by atoms with E-state index < -0.39 is 17.3 Å². The van der Waals surface area contributed by atoms with Gasteiger partial charge < -0.3 is 10.8 Å². The molecule has 0 saturated carbocycles. The Labute approximate surface area is 235 Å². The van der Waals surface area contributed by atoms with E-state index in [-0.39, 0.29) is 41.4 Å². The van der Waals surface area contributed by atoms with E-state index in [1.807, 2.05) is 0 Å². The molecule has 3 N–H and O–H groups in total. The van der Waals surface area contributed by atoms with Crippen LogP contribution in [0, 0.1) is 12.3 Å². The first kappa shape index (κ1) is 26.5. The number of hydrogen-bond donors (Lipinski definition) is 2. The van der Waals surface area contributed by atoms with Gasteiger partial charge in [-0.05, 0) is 54.1 Å². The van der Waals surface area contributed by atoms with Gasteiger partial charge in [-0.2, -0.15) is 18.3 Å². The quantitative estimate of drug-likeness (QED) is 0.292. The first-order valence-electron chi connectivity index (χ1n) is 12.6. The van der Waals surface area contributed by atoms with Gasteiger partial charge in [-0.1, -0.05) is 24.1 Å². The van der Waals surface area contributed by atoms with Crippen LogP contribution >= 0.6 is 0 Å². The Morgan fingerprint density at radius 2 is 1.74 bits per heavy atom. The third-order valence-electron chi connectivity index (χ3n) is 6.80. The lowest BCUT2D eigenvalue weighted by Gasteiger charge is -2.16. The first-order valence-corrected chi connectivity index (χ1v) is 12.6. The monoisotopic (exact) mass is 567 g/mol. The Balaban J connectivity index is 1.55. The number of alkyl halides is 3. The smallest absolute Gasteiger partial charge is 0.416 e. The van der Waals surface area contributed by atoms with Crippen LogP contribution in [-0.2, 0) is 19.3 Å². The largest absolute Gasteiger partial charge is 0.508 e. The molecule has 208 valence electrons. The fraction of sp³-hybridized carbons (Fsp3) is 0.100. The molecule has 0 radical (unpaired) electrons. The number of hydrogen-bond acceptors (Lipinski definition) is 7. The highest BCUT2D eigenvalue weighted by molar-refractivity contribution is 5.98. The van der Waals surface area contributed by atoms with Crippen LogP contribution in [0.3, 0.4) is 0 Å². The number of rotatable bonds is 5. The predicted octanol–water partition coefficient (Wildman–Crippen LogP) is 4.59. The third-order valence-corrected chi connectivity index (χ3v) is 6.80. The molecule has 0 fully saturated rings. The number of halogens is 3. The van der Waals surface area contributed by atoms with Gasteiger partial charge >= 0.3 is 6.18 Å². The zero-order valence-electron chi connectivity index (χ0n) is 21.7. The lowest BCUT2D eigenvalue weighted by Crippen LogP contribution is -2.28. The van der Waals surface area contributed by atoms with Crippen LogP contribution < -0.4 is 11.3 Å². The summed E-state index contributed by atoms with van der Waals surface area (Å²) in [5, 5.41) is 15.1. The molecule has 42 heavy (non-hydrogen) atoms. The second-order valence-corrected chi connectivity index (χ2v) is 9.47. The zero-order chi connectivity index (χ0) is 29.6. The van der Waals surface area contributed by atoms with Gasteiger partial charge in [-0.25, -0.2) is 19.6 Å². The molecule has 12 heteroatoms. The number of anilines is 1. The van der Waals surface area contributed by atoms with E-state index >= 15 is 0 Å². The van der Waals surface area contributed by atoms with Gasteiger partial charge in [0.25, 0.3) is 5.56 Å². The molecule has 3 aromatic heterocycles. The minimum Gasteiger partial charge on any atom is -0.508 e. The molecule has 0 spiro atoms. The van der Waals surface area contributed by atoms with Crippen molar-refractivity contribution in [3.63, 3.8) is 0 Å². The molecular weight excluding hydrogens is 547 g/mol. The highest BCUT2D eigenvalue weighted by Gasteiger charge is 2.30. The normalized spacial score (nSPS) is 11.7. The highest BCUT2D eigenvalue weighted by atomic mass is 19.4. The van der Waals surface area contributed by atoms with Crippen LogP contribution in [0.5, 0.6) is 5.75 Å². The molecule has 0 amide bonds. The van der Waals surface area contributed by atoms with Crippen LogP contribution in [0.15, 0.2) is 77.9 Å². The van der Waals surface area contributed by atoms with Crippen molar-refractivity contribution in [3.05, 3.63) is 106 Å². The van der Waals surface area contributed by atoms with Crippen LogP contribution in [-0.4, -0.2) is 34.4 Å². The van der Waals surface area contributed by atoms with E-state index in [0.29, 0.717) is 33.4 Å². The summed E-state index contributed by atoms with van der Waals surface area (Å²) in [7, 11) is 0. The number of phenolic OH excluding ortho intramolecular Hbond substituents is 1. The molecule has 0 aliphatic rings. The molecule has 9 nitrogen and oxygen atoms in total. The summed E-state index contributed by atoms with van der Waals surface area (Å²) in [6.45, 7) is -0.295. The Bertz CT molecular complexity index is 2090. The van der Waals surface area contributed by atoms with Gasteiger partial charge in [0.1, 0.15) is 36.0 Å². The van der Waals surface area contributed by atoms with Crippen molar-refractivity contribution >= 4 is 27.8 Å². The van der Waals surface area contributed by atoms with Crippen LogP contribution in [0.2, 0.25) is 0 Å². The van der Waals surface area contributed by atoms with E-state index in [4.69, 9.17) is 22.2 Å². The van der Waals surface area contributed by atoms with Crippen LogP contribution in [0.1, 0.15) is 22.5 Å². The second-order valence-electron chi connectivity index (χ2n) is 9.47. The van der Waals surface area contributed by atoms with E-state index in [2.05, 4.69) is 15.9 Å². The lowest BCUT2D eigenvalue weighted by molar-refractivity contribution is -0.137. The number of aromatic nitrogens is 6. The van der Waals surface area contributed by atoms with E-state index in [1.54, 1.807) is 30.3 Å². The summed E-state index contributed by atoms with van der Waals surface area (Å²) in [5.74, 6) is 2.93. The van der Waals surface area contributed by atoms with Gasteiger partial charge in [0, 0.05) is 11.1 Å². The van der Waals surface area contributed by atoms with E-state index in [1.165, 1.54) is 39.8 Å². The van der Waals surface area contributed by atoms with Crippen molar-refractivity contribution in [2.45, 2.75) is 19.3 Å². The SMILES string of the molecule is C#Cc1cccc2nc(Cn3nc(-c4ccc(O)cc4)c4c(N)ncnc43)n(Cc3cccc(C(F)(F)F)c3)c(=O)c12. The lowest BCUT2D eigenvalue weighted by atomic mass is 10.1. The molecule has 3 heterocycles. The maximum Gasteiger partial charge on any atom is 0.416 e. The zero-order valence-corrected chi connectivity index (χ0v) is 21.7. The highest BCUT2D eigenvalue weighted by Crippen LogP contribution is 2.32. The third kappa shape index (κ3) is 4.66. The van der Waals surface area contributed by atoms with Crippen molar-refractivity contribution in [2.75, 3.05) is 5.73 Å². The van der Waals surface area contributed by atoms with Gasteiger partial charge in [-0.15, -0.1) is 6.42 Å². The fourth-order valence-electron chi connectivity index (χ4n) is 4.84. The standard InChI is InChI=1S/C30H20F3N7O2/c1-2-18-6-4-8-22-24(18)29(42)39(14-17-5-3-7-20(13-17)30(31,32)33)23(37-22)15-40-28-25(27(34)35-16-36-28)26(38-40)19-9-11-21(41)12-10-19/h1,3-13,16,41H,14-15H2,(H2,34,35,36). The van der Waals surface area contributed by atoms with Gasteiger partial charge in [0.15, 0.2) is 5.65 Å².